The number of benzene rings is 1. The van der Waals surface area contributed by atoms with Crippen LogP contribution in [0.2, 0.25) is 0 Å². The maximum Gasteiger partial charge on any atom is 0.287 e. The van der Waals surface area contributed by atoms with Crippen LogP contribution in [0, 0.1) is 17.8 Å². The van der Waals surface area contributed by atoms with Crippen LogP contribution < -0.4 is 10.7 Å². The zero-order valence-corrected chi connectivity index (χ0v) is 12.4. The Balaban J connectivity index is 1.49. The fraction of sp³-hybridized carbons (Fsp3) is 0.444. The van der Waals surface area contributed by atoms with Crippen LogP contribution in [0.15, 0.2) is 39.5 Å². The van der Waals surface area contributed by atoms with E-state index in [1.54, 1.807) is 24.3 Å². The minimum atomic E-state index is -0.286. The molecule has 2 bridgehead atoms. The summed E-state index contributed by atoms with van der Waals surface area (Å²) in [6.07, 6.45) is 5.21. The molecule has 0 radical (unpaired) electrons. The average molecular weight is 297 g/mol. The van der Waals surface area contributed by atoms with Crippen molar-refractivity contribution in [3.8, 4) is 0 Å². The number of amides is 1. The normalized spacial score (nSPS) is 26.5. The van der Waals surface area contributed by atoms with Crippen molar-refractivity contribution in [3.63, 3.8) is 0 Å². The minimum Gasteiger partial charge on any atom is -0.451 e. The summed E-state index contributed by atoms with van der Waals surface area (Å²) in [6.45, 7) is 0.691. The Morgan fingerprint density at radius 2 is 2.09 bits per heavy atom. The van der Waals surface area contributed by atoms with Crippen molar-refractivity contribution in [2.45, 2.75) is 25.7 Å². The highest BCUT2D eigenvalue weighted by molar-refractivity contribution is 5.93. The van der Waals surface area contributed by atoms with E-state index in [1.165, 1.54) is 31.7 Å². The lowest BCUT2D eigenvalue weighted by atomic mass is 9.89. The van der Waals surface area contributed by atoms with Gasteiger partial charge in [-0.1, -0.05) is 18.6 Å². The third-order valence-corrected chi connectivity index (χ3v) is 5.27. The van der Waals surface area contributed by atoms with Crippen molar-refractivity contribution in [1.82, 2.24) is 5.32 Å². The number of rotatable bonds is 3. The molecule has 2 aliphatic carbocycles. The van der Waals surface area contributed by atoms with Gasteiger partial charge in [-0.15, -0.1) is 0 Å². The van der Waals surface area contributed by atoms with E-state index in [0.29, 0.717) is 23.4 Å². The second-order valence-corrected chi connectivity index (χ2v) is 6.62. The van der Waals surface area contributed by atoms with Crippen molar-refractivity contribution < 1.29 is 9.21 Å². The summed E-state index contributed by atoms with van der Waals surface area (Å²) in [5.41, 5.74) is 0.284. The third kappa shape index (κ3) is 2.32. The Hall–Kier alpha value is -2.10. The van der Waals surface area contributed by atoms with Crippen LogP contribution in [-0.4, -0.2) is 12.5 Å². The lowest BCUT2D eigenvalue weighted by Gasteiger charge is -2.21. The molecule has 4 rings (SSSR count). The van der Waals surface area contributed by atoms with Gasteiger partial charge in [0.05, 0.1) is 5.39 Å². The van der Waals surface area contributed by atoms with Gasteiger partial charge >= 0.3 is 0 Å². The van der Waals surface area contributed by atoms with Crippen molar-refractivity contribution in [1.29, 1.82) is 0 Å². The fourth-order valence-corrected chi connectivity index (χ4v) is 4.15. The number of para-hydroxylation sites is 1. The van der Waals surface area contributed by atoms with E-state index in [0.717, 1.165) is 11.8 Å². The van der Waals surface area contributed by atoms with Crippen molar-refractivity contribution in [3.05, 3.63) is 46.3 Å². The Labute approximate surface area is 128 Å². The van der Waals surface area contributed by atoms with Gasteiger partial charge in [0, 0.05) is 12.6 Å². The van der Waals surface area contributed by atoms with Crippen LogP contribution in [0.4, 0.5) is 0 Å². The van der Waals surface area contributed by atoms with Crippen molar-refractivity contribution >= 4 is 16.9 Å². The number of carbonyl (C=O) groups is 1. The molecule has 114 valence electrons. The van der Waals surface area contributed by atoms with Gasteiger partial charge in [0.2, 0.25) is 0 Å². The first-order chi connectivity index (χ1) is 10.7. The highest BCUT2D eigenvalue weighted by atomic mass is 16.3. The molecule has 0 saturated heterocycles. The molecular formula is C18H19NO3. The van der Waals surface area contributed by atoms with Gasteiger partial charge < -0.3 is 9.73 Å². The molecule has 2 saturated carbocycles. The molecule has 2 fully saturated rings. The predicted octanol–water partition coefficient (Wildman–Crippen LogP) is 2.96. The highest BCUT2D eigenvalue weighted by Gasteiger charge is 2.39. The van der Waals surface area contributed by atoms with E-state index in [1.807, 2.05) is 0 Å². The van der Waals surface area contributed by atoms with Gasteiger partial charge in [-0.05, 0) is 49.1 Å². The maximum atomic E-state index is 12.3. The van der Waals surface area contributed by atoms with Crippen LogP contribution in [0.5, 0.6) is 0 Å². The summed E-state index contributed by atoms with van der Waals surface area (Å²) in [5, 5.41) is 3.45. The molecule has 1 heterocycles. The van der Waals surface area contributed by atoms with Gasteiger partial charge in [0.1, 0.15) is 5.58 Å². The largest absolute Gasteiger partial charge is 0.451 e. The van der Waals surface area contributed by atoms with Crippen LogP contribution in [-0.2, 0) is 0 Å². The second-order valence-electron chi connectivity index (χ2n) is 6.62. The van der Waals surface area contributed by atoms with E-state index >= 15 is 0 Å². The molecule has 1 N–H and O–H groups in total. The monoisotopic (exact) mass is 297 g/mol. The van der Waals surface area contributed by atoms with Gasteiger partial charge in [-0.2, -0.15) is 0 Å². The summed E-state index contributed by atoms with van der Waals surface area (Å²) in [7, 11) is 0. The van der Waals surface area contributed by atoms with E-state index in [2.05, 4.69) is 5.32 Å². The summed E-state index contributed by atoms with van der Waals surface area (Å²) < 4.78 is 5.57. The number of fused-ring (bicyclic) bond motifs is 3. The second kappa shape index (κ2) is 5.27. The van der Waals surface area contributed by atoms with Crippen LogP contribution in [0.25, 0.3) is 11.0 Å². The van der Waals surface area contributed by atoms with Crippen LogP contribution >= 0.6 is 0 Å². The van der Waals surface area contributed by atoms with Crippen molar-refractivity contribution in [2.24, 2.45) is 17.8 Å². The van der Waals surface area contributed by atoms with E-state index in [9.17, 15) is 9.59 Å². The lowest BCUT2D eigenvalue weighted by molar-refractivity contribution is 0.0914. The molecule has 2 aliphatic rings. The lowest BCUT2D eigenvalue weighted by Crippen LogP contribution is -2.32. The summed E-state index contributed by atoms with van der Waals surface area (Å²) in [5.74, 6) is 2.05. The van der Waals surface area contributed by atoms with Gasteiger partial charge in [0.25, 0.3) is 5.91 Å². The molecule has 1 amide bonds. The topological polar surface area (TPSA) is 59.3 Å². The number of hydrogen-bond donors (Lipinski definition) is 1. The minimum absolute atomic E-state index is 0.104. The Morgan fingerprint density at radius 3 is 2.86 bits per heavy atom. The summed E-state index contributed by atoms with van der Waals surface area (Å²) >= 11 is 0. The van der Waals surface area contributed by atoms with Gasteiger partial charge in [-0.3, -0.25) is 9.59 Å². The molecule has 4 heteroatoms. The van der Waals surface area contributed by atoms with E-state index in [4.69, 9.17) is 4.42 Å². The first-order valence-corrected chi connectivity index (χ1v) is 8.02. The Kier molecular flexibility index (Phi) is 3.25. The molecule has 1 aromatic carbocycles. The third-order valence-electron chi connectivity index (χ3n) is 5.27. The zero-order valence-electron chi connectivity index (χ0n) is 12.4. The fourth-order valence-electron chi connectivity index (χ4n) is 4.15. The number of hydrogen-bond acceptors (Lipinski definition) is 3. The molecule has 3 unspecified atom stereocenters. The van der Waals surface area contributed by atoms with Crippen molar-refractivity contribution in [2.75, 3.05) is 6.54 Å². The Morgan fingerprint density at radius 1 is 1.23 bits per heavy atom. The summed E-state index contributed by atoms with van der Waals surface area (Å²) in [4.78, 5) is 24.3. The quantitative estimate of drug-likeness (QED) is 0.947. The first-order valence-electron chi connectivity index (χ1n) is 8.02. The highest BCUT2D eigenvalue weighted by Crippen LogP contribution is 2.47. The average Bonchev–Trinajstić information content (AvgIpc) is 3.15. The number of nitrogens with one attached hydrogen (secondary N) is 1. The maximum absolute atomic E-state index is 12.3. The molecule has 3 atom stereocenters. The van der Waals surface area contributed by atoms with E-state index < -0.39 is 0 Å². The van der Waals surface area contributed by atoms with E-state index in [-0.39, 0.29) is 17.1 Å². The number of carbonyl (C=O) groups excluding carboxylic acids is 1. The molecule has 22 heavy (non-hydrogen) atoms. The smallest absolute Gasteiger partial charge is 0.287 e. The van der Waals surface area contributed by atoms with Crippen LogP contribution in [0.1, 0.15) is 36.2 Å². The summed E-state index contributed by atoms with van der Waals surface area (Å²) in [6, 6.07) is 8.29. The molecule has 1 aromatic heterocycles. The molecule has 2 aromatic rings. The van der Waals surface area contributed by atoms with Gasteiger partial charge in [0.15, 0.2) is 11.2 Å². The molecule has 4 nitrogen and oxygen atoms in total. The zero-order chi connectivity index (χ0) is 15.1. The standard InChI is InChI=1S/C18H19NO3/c20-15-9-17(22-16-4-2-1-3-14(15)16)18(21)19-10-13-8-11-5-6-12(13)7-11/h1-4,9,11-13H,5-8,10H2,(H,19,21). The SMILES string of the molecule is O=C(NCC1CC2CCC1C2)c1cc(=O)c2ccccc2o1. The molecule has 0 aliphatic heterocycles. The van der Waals surface area contributed by atoms with Crippen LogP contribution in [0.3, 0.4) is 0 Å². The van der Waals surface area contributed by atoms with Gasteiger partial charge in [-0.25, -0.2) is 0 Å². The Bertz CT molecular complexity index is 779. The first kappa shape index (κ1) is 13.6. The molecular weight excluding hydrogens is 278 g/mol. The predicted molar refractivity (Wildman–Crippen MR) is 83.8 cm³/mol. The molecule has 0 spiro atoms.